The molecule has 11 heteroatoms. The van der Waals surface area contributed by atoms with E-state index >= 15 is 0 Å². The van der Waals surface area contributed by atoms with Crippen molar-refractivity contribution in [3.05, 3.63) is 69.2 Å². The van der Waals surface area contributed by atoms with Crippen LogP contribution in [0, 0.1) is 18.7 Å². The van der Waals surface area contributed by atoms with E-state index in [4.69, 9.17) is 23.2 Å². The molecular weight excluding hydrogens is 512 g/mol. The highest BCUT2D eigenvalue weighted by Gasteiger charge is 2.24. The Hall–Kier alpha value is -2.62. The normalized spacial score (nSPS) is 12.0. The third-order valence-corrected chi connectivity index (χ3v) is 6.74. The molecule has 2 N–H and O–H groups in total. The van der Waals surface area contributed by atoms with E-state index in [1.807, 2.05) is 13.8 Å². The number of anilines is 1. The lowest BCUT2D eigenvalue weighted by Gasteiger charge is -2.20. The molecular formula is C24H26Cl2FN5O2S. The van der Waals surface area contributed by atoms with Crippen molar-refractivity contribution in [2.75, 3.05) is 11.1 Å². The maximum absolute atomic E-state index is 13.5. The van der Waals surface area contributed by atoms with E-state index in [0.717, 1.165) is 5.56 Å². The molecule has 2 amide bonds. The standard InChI is InChI=1S/C24H26Cl2FN5O2S/c1-13(2)9-20(29-23(34)17-8-6-15(25)10-18(17)26)22-30-31-24(32(22)4)35-12-21(33)28-19-11-16(27)7-5-14(19)3/h5-8,10-11,13,20H,9,12H2,1-4H3,(H,28,33)(H,29,34)/t20-/m0/s1. The molecule has 35 heavy (non-hydrogen) atoms. The fourth-order valence-electron chi connectivity index (χ4n) is 3.41. The quantitative estimate of drug-likeness (QED) is 0.336. The molecule has 0 aliphatic heterocycles. The SMILES string of the molecule is Cc1ccc(F)cc1NC(=O)CSc1nnc([C@H](CC(C)C)NC(=O)c2ccc(Cl)cc2Cl)n1C. The summed E-state index contributed by atoms with van der Waals surface area (Å²) in [7, 11) is 1.78. The zero-order valence-electron chi connectivity index (χ0n) is 19.7. The third-order valence-electron chi connectivity index (χ3n) is 5.17. The molecule has 7 nitrogen and oxygen atoms in total. The second-order valence-electron chi connectivity index (χ2n) is 8.48. The van der Waals surface area contributed by atoms with Crippen molar-refractivity contribution in [1.29, 1.82) is 0 Å². The molecule has 1 atom stereocenters. The third kappa shape index (κ3) is 7.19. The molecule has 1 heterocycles. The molecule has 0 saturated heterocycles. The molecule has 3 rings (SSSR count). The number of nitrogens with one attached hydrogen (secondary N) is 2. The van der Waals surface area contributed by atoms with Crippen LogP contribution in [0.2, 0.25) is 10.0 Å². The lowest BCUT2D eigenvalue weighted by atomic mass is 10.0. The Balaban J connectivity index is 1.71. The summed E-state index contributed by atoms with van der Waals surface area (Å²) in [6.07, 6.45) is 0.618. The monoisotopic (exact) mass is 537 g/mol. The minimum atomic E-state index is -0.426. The lowest BCUT2D eigenvalue weighted by molar-refractivity contribution is -0.113. The second-order valence-corrected chi connectivity index (χ2v) is 10.3. The number of amides is 2. The van der Waals surface area contributed by atoms with Crippen LogP contribution in [0.15, 0.2) is 41.6 Å². The molecule has 1 aromatic heterocycles. The van der Waals surface area contributed by atoms with E-state index in [1.54, 1.807) is 36.7 Å². The zero-order valence-corrected chi connectivity index (χ0v) is 22.1. The summed E-state index contributed by atoms with van der Waals surface area (Å²) in [5.74, 6) is -0.189. The van der Waals surface area contributed by atoms with Gasteiger partial charge in [0, 0.05) is 17.8 Å². The maximum atomic E-state index is 13.5. The molecule has 0 spiro atoms. The highest BCUT2D eigenvalue weighted by Crippen LogP contribution is 2.26. The highest BCUT2D eigenvalue weighted by molar-refractivity contribution is 7.99. The number of aryl methyl sites for hydroxylation is 1. The predicted octanol–water partition coefficient (Wildman–Crippen LogP) is 5.82. The van der Waals surface area contributed by atoms with Crippen molar-refractivity contribution in [1.82, 2.24) is 20.1 Å². The number of carbonyl (C=O) groups is 2. The Morgan fingerprint density at radius 2 is 1.89 bits per heavy atom. The van der Waals surface area contributed by atoms with Crippen LogP contribution in [-0.4, -0.2) is 32.3 Å². The number of aromatic nitrogens is 3. The zero-order chi connectivity index (χ0) is 25.7. The fraction of sp³-hybridized carbons (Fsp3) is 0.333. The van der Waals surface area contributed by atoms with Crippen LogP contribution in [0.4, 0.5) is 10.1 Å². The minimum Gasteiger partial charge on any atom is -0.342 e. The van der Waals surface area contributed by atoms with Gasteiger partial charge in [-0.25, -0.2) is 4.39 Å². The van der Waals surface area contributed by atoms with E-state index in [9.17, 15) is 14.0 Å². The smallest absolute Gasteiger partial charge is 0.253 e. The van der Waals surface area contributed by atoms with Gasteiger partial charge in [-0.1, -0.05) is 54.9 Å². The van der Waals surface area contributed by atoms with Crippen molar-refractivity contribution < 1.29 is 14.0 Å². The number of thioether (sulfide) groups is 1. The Morgan fingerprint density at radius 3 is 2.57 bits per heavy atom. The highest BCUT2D eigenvalue weighted by atomic mass is 35.5. The number of hydrogen-bond donors (Lipinski definition) is 2. The first-order valence-electron chi connectivity index (χ1n) is 10.9. The molecule has 2 aromatic carbocycles. The van der Waals surface area contributed by atoms with E-state index in [-0.39, 0.29) is 28.5 Å². The van der Waals surface area contributed by atoms with Gasteiger partial charge in [0.2, 0.25) is 5.91 Å². The Labute approximate surface area is 217 Å². The largest absolute Gasteiger partial charge is 0.342 e. The van der Waals surface area contributed by atoms with E-state index < -0.39 is 11.9 Å². The van der Waals surface area contributed by atoms with Gasteiger partial charge in [-0.15, -0.1) is 10.2 Å². The van der Waals surface area contributed by atoms with Crippen molar-refractivity contribution >= 4 is 52.5 Å². The summed E-state index contributed by atoms with van der Waals surface area (Å²) in [5.41, 5.74) is 1.50. The minimum absolute atomic E-state index is 0.0590. The molecule has 0 bridgehead atoms. The first-order chi connectivity index (χ1) is 16.5. The molecule has 186 valence electrons. The van der Waals surface area contributed by atoms with Crippen LogP contribution in [0.25, 0.3) is 0 Å². The summed E-state index contributed by atoms with van der Waals surface area (Å²) in [6.45, 7) is 5.87. The topological polar surface area (TPSA) is 88.9 Å². The van der Waals surface area contributed by atoms with Crippen LogP contribution < -0.4 is 10.6 Å². The Kier molecular flexibility index (Phi) is 9.15. The summed E-state index contributed by atoms with van der Waals surface area (Å²) in [4.78, 5) is 25.3. The average molecular weight is 538 g/mol. The van der Waals surface area contributed by atoms with Gasteiger partial charge in [0.05, 0.1) is 22.4 Å². The summed E-state index contributed by atoms with van der Waals surface area (Å²) < 4.78 is 15.2. The molecule has 0 aliphatic carbocycles. The van der Waals surface area contributed by atoms with Crippen LogP contribution in [0.3, 0.4) is 0 Å². The van der Waals surface area contributed by atoms with Gasteiger partial charge in [0.1, 0.15) is 5.82 Å². The molecule has 0 radical (unpaired) electrons. The van der Waals surface area contributed by atoms with Crippen LogP contribution in [0.1, 0.15) is 48.1 Å². The predicted molar refractivity (Wildman–Crippen MR) is 138 cm³/mol. The summed E-state index contributed by atoms with van der Waals surface area (Å²) >= 11 is 13.3. The molecule has 0 fully saturated rings. The number of halogens is 3. The van der Waals surface area contributed by atoms with Crippen LogP contribution in [-0.2, 0) is 11.8 Å². The Bertz CT molecular complexity index is 1230. The van der Waals surface area contributed by atoms with Crippen LogP contribution in [0.5, 0.6) is 0 Å². The number of rotatable bonds is 9. The van der Waals surface area contributed by atoms with Gasteiger partial charge in [-0.3, -0.25) is 9.59 Å². The fourth-order valence-corrected chi connectivity index (χ4v) is 4.62. The van der Waals surface area contributed by atoms with Crippen molar-refractivity contribution in [3.8, 4) is 0 Å². The van der Waals surface area contributed by atoms with E-state index in [1.165, 1.54) is 30.0 Å². The van der Waals surface area contributed by atoms with Crippen molar-refractivity contribution in [2.45, 2.75) is 38.4 Å². The molecule has 3 aromatic rings. The average Bonchev–Trinajstić information content (AvgIpc) is 3.14. The van der Waals surface area contributed by atoms with Gasteiger partial charge in [0.15, 0.2) is 11.0 Å². The molecule has 0 saturated carbocycles. The molecule has 0 unspecified atom stereocenters. The second kappa shape index (κ2) is 11.9. The maximum Gasteiger partial charge on any atom is 0.253 e. The Morgan fingerprint density at radius 1 is 1.14 bits per heavy atom. The first-order valence-corrected chi connectivity index (χ1v) is 12.6. The van der Waals surface area contributed by atoms with Gasteiger partial charge >= 0.3 is 0 Å². The van der Waals surface area contributed by atoms with Gasteiger partial charge in [-0.2, -0.15) is 0 Å². The van der Waals surface area contributed by atoms with Crippen molar-refractivity contribution in [2.24, 2.45) is 13.0 Å². The number of nitrogens with zero attached hydrogens (tertiary/aromatic N) is 3. The number of hydrogen-bond acceptors (Lipinski definition) is 5. The summed E-state index contributed by atoms with van der Waals surface area (Å²) in [5, 5.41) is 15.4. The van der Waals surface area contributed by atoms with Gasteiger partial charge in [0.25, 0.3) is 5.91 Å². The number of carbonyl (C=O) groups excluding carboxylic acids is 2. The van der Waals surface area contributed by atoms with Crippen LogP contribution >= 0.6 is 35.0 Å². The number of benzene rings is 2. The van der Waals surface area contributed by atoms with E-state index in [2.05, 4.69) is 20.8 Å². The first kappa shape index (κ1) is 27.0. The van der Waals surface area contributed by atoms with Gasteiger partial charge in [-0.05, 0) is 55.2 Å². The summed E-state index contributed by atoms with van der Waals surface area (Å²) in [6, 6.07) is 8.50. The van der Waals surface area contributed by atoms with E-state index in [0.29, 0.717) is 33.7 Å². The van der Waals surface area contributed by atoms with Gasteiger partial charge < -0.3 is 15.2 Å². The molecule has 0 aliphatic rings. The van der Waals surface area contributed by atoms with Crippen molar-refractivity contribution in [3.63, 3.8) is 0 Å². The lowest BCUT2D eigenvalue weighted by Crippen LogP contribution is -2.31.